The van der Waals surface area contributed by atoms with Crippen LogP contribution in [-0.4, -0.2) is 31.6 Å². The average molecular weight is 201 g/mol. The first kappa shape index (κ1) is 10.5. The van der Waals surface area contributed by atoms with Gasteiger partial charge in [-0.3, -0.25) is 0 Å². The van der Waals surface area contributed by atoms with Crippen LogP contribution in [0.5, 0.6) is 0 Å². The fourth-order valence-corrected chi connectivity index (χ4v) is 1.77. The number of thioether (sulfide) groups is 1. The summed E-state index contributed by atoms with van der Waals surface area (Å²) in [6, 6.07) is 0. The summed E-state index contributed by atoms with van der Waals surface area (Å²) < 4.78 is 1.61. The summed E-state index contributed by atoms with van der Waals surface area (Å²) in [7, 11) is 1.79. The third-order valence-corrected chi connectivity index (χ3v) is 2.76. The van der Waals surface area contributed by atoms with Gasteiger partial charge in [-0.2, -0.15) is 11.8 Å². The zero-order chi connectivity index (χ0) is 9.68. The summed E-state index contributed by atoms with van der Waals surface area (Å²) in [5, 5.41) is 17.2. The Morgan fingerprint density at radius 3 is 3.00 bits per heavy atom. The molecule has 74 valence electrons. The van der Waals surface area contributed by atoms with E-state index in [4.69, 9.17) is 0 Å². The molecule has 0 fully saturated rings. The molecule has 0 aliphatic carbocycles. The molecule has 0 aliphatic rings. The van der Waals surface area contributed by atoms with E-state index in [0.717, 1.165) is 23.6 Å². The normalized spacial score (nSPS) is 13.2. The van der Waals surface area contributed by atoms with E-state index in [1.165, 1.54) is 0 Å². The third-order valence-electron chi connectivity index (χ3n) is 1.83. The molecule has 0 spiro atoms. The minimum absolute atomic E-state index is 0.431. The lowest BCUT2D eigenvalue weighted by molar-refractivity contribution is 0.165. The maximum atomic E-state index is 9.70. The monoisotopic (exact) mass is 201 g/mol. The van der Waals surface area contributed by atoms with Crippen LogP contribution in [0, 0.1) is 0 Å². The molecule has 0 saturated heterocycles. The van der Waals surface area contributed by atoms with Crippen molar-refractivity contribution in [2.75, 3.05) is 11.5 Å². The van der Waals surface area contributed by atoms with Crippen molar-refractivity contribution in [3.63, 3.8) is 0 Å². The van der Waals surface area contributed by atoms with Crippen LogP contribution < -0.4 is 0 Å². The SMILES string of the molecule is CCSCCC(O)c1cnnn1C. The number of aliphatic hydroxyl groups is 1. The standard InChI is InChI=1S/C8H15N3OS/c1-3-13-5-4-8(12)7-6-9-10-11(7)2/h6,8,12H,3-5H2,1-2H3. The van der Waals surface area contributed by atoms with Crippen LogP contribution >= 0.6 is 11.8 Å². The molecule has 1 rings (SSSR count). The van der Waals surface area contributed by atoms with Crippen LogP contribution in [0.25, 0.3) is 0 Å². The molecule has 1 unspecified atom stereocenters. The number of rotatable bonds is 5. The second kappa shape index (κ2) is 5.24. The van der Waals surface area contributed by atoms with E-state index >= 15 is 0 Å². The topological polar surface area (TPSA) is 50.9 Å². The van der Waals surface area contributed by atoms with Gasteiger partial charge in [0.2, 0.25) is 0 Å². The average Bonchev–Trinajstić information content (AvgIpc) is 2.52. The molecule has 1 aromatic heterocycles. The van der Waals surface area contributed by atoms with E-state index < -0.39 is 6.10 Å². The van der Waals surface area contributed by atoms with Crippen LogP contribution in [-0.2, 0) is 7.05 Å². The van der Waals surface area contributed by atoms with Gasteiger partial charge in [-0.1, -0.05) is 12.1 Å². The van der Waals surface area contributed by atoms with E-state index in [-0.39, 0.29) is 0 Å². The Kier molecular flexibility index (Phi) is 4.24. The molecule has 13 heavy (non-hydrogen) atoms. The number of hydrogen-bond donors (Lipinski definition) is 1. The smallest absolute Gasteiger partial charge is 0.0980 e. The van der Waals surface area contributed by atoms with Crippen LogP contribution in [0.4, 0.5) is 0 Å². The van der Waals surface area contributed by atoms with Gasteiger partial charge in [-0.15, -0.1) is 5.10 Å². The molecule has 4 nitrogen and oxygen atoms in total. The van der Waals surface area contributed by atoms with E-state index in [1.54, 1.807) is 17.9 Å². The highest BCUT2D eigenvalue weighted by atomic mass is 32.2. The number of aliphatic hydroxyl groups excluding tert-OH is 1. The quantitative estimate of drug-likeness (QED) is 0.722. The lowest BCUT2D eigenvalue weighted by atomic mass is 10.2. The Hall–Kier alpha value is -0.550. The molecule has 1 aromatic rings. The molecule has 5 heteroatoms. The second-order valence-corrected chi connectivity index (χ2v) is 4.18. The number of aromatic nitrogens is 3. The molecule has 0 aromatic carbocycles. The Morgan fingerprint density at radius 1 is 1.69 bits per heavy atom. The van der Waals surface area contributed by atoms with Crippen molar-refractivity contribution < 1.29 is 5.11 Å². The Morgan fingerprint density at radius 2 is 2.46 bits per heavy atom. The largest absolute Gasteiger partial charge is 0.387 e. The van der Waals surface area contributed by atoms with Crippen molar-refractivity contribution in [1.82, 2.24) is 15.0 Å². The van der Waals surface area contributed by atoms with E-state index in [0.29, 0.717) is 0 Å². The van der Waals surface area contributed by atoms with Crippen LogP contribution in [0.15, 0.2) is 6.20 Å². The van der Waals surface area contributed by atoms with Crippen LogP contribution in [0.3, 0.4) is 0 Å². The molecule has 0 aliphatic heterocycles. The Bertz CT molecular complexity index is 251. The summed E-state index contributed by atoms with van der Waals surface area (Å²) in [5.41, 5.74) is 0.789. The zero-order valence-electron chi connectivity index (χ0n) is 7.97. The van der Waals surface area contributed by atoms with Crippen molar-refractivity contribution in [2.45, 2.75) is 19.4 Å². The molecule has 0 amide bonds. The van der Waals surface area contributed by atoms with Crippen molar-refractivity contribution >= 4 is 11.8 Å². The van der Waals surface area contributed by atoms with Gasteiger partial charge < -0.3 is 5.11 Å². The Balaban J connectivity index is 2.39. The molecule has 0 radical (unpaired) electrons. The van der Waals surface area contributed by atoms with Gasteiger partial charge in [-0.25, -0.2) is 4.68 Å². The minimum atomic E-state index is -0.431. The highest BCUT2D eigenvalue weighted by Gasteiger charge is 2.11. The summed E-state index contributed by atoms with van der Waals surface area (Å²) >= 11 is 1.83. The molecule has 0 saturated carbocycles. The molecule has 1 atom stereocenters. The first-order valence-electron chi connectivity index (χ1n) is 4.36. The highest BCUT2D eigenvalue weighted by Crippen LogP contribution is 2.16. The van der Waals surface area contributed by atoms with Crippen molar-refractivity contribution in [3.05, 3.63) is 11.9 Å². The van der Waals surface area contributed by atoms with Crippen molar-refractivity contribution in [2.24, 2.45) is 7.05 Å². The van der Waals surface area contributed by atoms with Gasteiger partial charge in [0.15, 0.2) is 0 Å². The molecular formula is C8H15N3OS. The van der Waals surface area contributed by atoms with Crippen molar-refractivity contribution in [1.29, 1.82) is 0 Å². The van der Waals surface area contributed by atoms with Gasteiger partial charge in [0, 0.05) is 7.05 Å². The van der Waals surface area contributed by atoms with E-state index in [9.17, 15) is 5.11 Å². The summed E-state index contributed by atoms with van der Waals surface area (Å²) in [6.07, 6.45) is 1.94. The summed E-state index contributed by atoms with van der Waals surface area (Å²) in [4.78, 5) is 0. The molecular weight excluding hydrogens is 186 g/mol. The predicted octanol–water partition coefficient (Wildman–Crippen LogP) is 0.992. The van der Waals surface area contributed by atoms with Gasteiger partial charge in [0.25, 0.3) is 0 Å². The fourth-order valence-electron chi connectivity index (χ4n) is 1.09. The Labute approximate surface area is 82.3 Å². The maximum Gasteiger partial charge on any atom is 0.0980 e. The second-order valence-electron chi connectivity index (χ2n) is 2.78. The molecule has 0 bridgehead atoms. The van der Waals surface area contributed by atoms with E-state index in [2.05, 4.69) is 17.2 Å². The van der Waals surface area contributed by atoms with Gasteiger partial charge in [0.05, 0.1) is 18.0 Å². The van der Waals surface area contributed by atoms with E-state index in [1.807, 2.05) is 11.8 Å². The van der Waals surface area contributed by atoms with Crippen molar-refractivity contribution in [3.8, 4) is 0 Å². The van der Waals surface area contributed by atoms with Gasteiger partial charge in [0.1, 0.15) is 0 Å². The summed E-state index contributed by atoms with van der Waals surface area (Å²) in [5.74, 6) is 2.07. The maximum absolute atomic E-state index is 9.70. The summed E-state index contributed by atoms with van der Waals surface area (Å²) in [6.45, 7) is 2.11. The third kappa shape index (κ3) is 3.00. The lowest BCUT2D eigenvalue weighted by Crippen LogP contribution is -2.06. The molecule has 1 N–H and O–H groups in total. The van der Waals surface area contributed by atoms with Crippen LogP contribution in [0.1, 0.15) is 25.1 Å². The predicted molar refractivity (Wildman–Crippen MR) is 53.6 cm³/mol. The lowest BCUT2D eigenvalue weighted by Gasteiger charge is -2.08. The first-order valence-corrected chi connectivity index (χ1v) is 5.51. The number of nitrogens with zero attached hydrogens (tertiary/aromatic N) is 3. The molecule has 1 heterocycles. The number of hydrogen-bond acceptors (Lipinski definition) is 4. The highest BCUT2D eigenvalue weighted by molar-refractivity contribution is 7.99. The number of aryl methyl sites for hydroxylation is 1. The minimum Gasteiger partial charge on any atom is -0.387 e. The first-order chi connectivity index (χ1) is 6.25. The zero-order valence-corrected chi connectivity index (χ0v) is 8.79. The van der Waals surface area contributed by atoms with Gasteiger partial charge in [-0.05, 0) is 17.9 Å². The van der Waals surface area contributed by atoms with Gasteiger partial charge >= 0.3 is 0 Å². The van der Waals surface area contributed by atoms with Crippen LogP contribution in [0.2, 0.25) is 0 Å². The fraction of sp³-hybridized carbons (Fsp3) is 0.750.